The van der Waals surface area contributed by atoms with Crippen molar-refractivity contribution in [3.05, 3.63) is 83.4 Å². The van der Waals surface area contributed by atoms with Crippen LogP contribution in [0.4, 0.5) is 0 Å². The molecule has 9 nitrogen and oxygen atoms in total. The predicted molar refractivity (Wildman–Crippen MR) is 149 cm³/mol. The molecule has 0 radical (unpaired) electrons. The van der Waals surface area contributed by atoms with Crippen LogP contribution in [0.1, 0.15) is 31.0 Å². The number of likely N-dealkylation sites (tertiary alicyclic amines) is 1. The highest BCUT2D eigenvalue weighted by atomic mass is 16.5. The van der Waals surface area contributed by atoms with Gasteiger partial charge in [-0.2, -0.15) is 0 Å². The lowest BCUT2D eigenvalue weighted by Crippen LogP contribution is -2.33. The van der Waals surface area contributed by atoms with Crippen LogP contribution in [-0.2, 0) is 9.59 Å². The van der Waals surface area contributed by atoms with Crippen LogP contribution < -0.4 is 23.7 Å². The van der Waals surface area contributed by atoms with Crippen LogP contribution in [0.25, 0.3) is 5.76 Å². The first kappa shape index (κ1) is 28.4. The van der Waals surface area contributed by atoms with Crippen molar-refractivity contribution in [1.82, 2.24) is 4.90 Å². The number of carbonyl (C=O) groups is 2. The molecule has 1 aliphatic heterocycles. The molecule has 1 fully saturated rings. The second-order valence-electron chi connectivity index (χ2n) is 8.81. The number of carbonyl (C=O) groups excluding carboxylic acids is 2. The monoisotopic (exact) mass is 547 g/mol. The van der Waals surface area contributed by atoms with E-state index in [0.29, 0.717) is 47.5 Å². The van der Waals surface area contributed by atoms with E-state index < -0.39 is 17.7 Å². The topological polar surface area (TPSA) is 104 Å². The molecule has 0 aromatic heterocycles. The molecule has 9 heteroatoms. The van der Waals surface area contributed by atoms with E-state index in [1.807, 2.05) is 13.8 Å². The first-order chi connectivity index (χ1) is 19.4. The summed E-state index contributed by atoms with van der Waals surface area (Å²) in [5.41, 5.74) is 0.885. The van der Waals surface area contributed by atoms with E-state index in [1.54, 1.807) is 80.9 Å². The zero-order valence-corrected chi connectivity index (χ0v) is 23.0. The zero-order valence-electron chi connectivity index (χ0n) is 23.0. The average Bonchev–Trinajstić information content (AvgIpc) is 3.23. The summed E-state index contributed by atoms with van der Waals surface area (Å²) < 4.78 is 27.6. The van der Waals surface area contributed by atoms with Gasteiger partial charge in [0.05, 0.1) is 51.2 Å². The van der Waals surface area contributed by atoms with Crippen LogP contribution in [0.2, 0.25) is 0 Å². The number of aliphatic hydroxyl groups is 1. The molecule has 1 N–H and O–H groups in total. The lowest BCUT2D eigenvalue weighted by Gasteiger charge is -2.25. The summed E-state index contributed by atoms with van der Waals surface area (Å²) in [6.07, 6.45) is 0. The van der Waals surface area contributed by atoms with Gasteiger partial charge in [0.1, 0.15) is 41.1 Å². The Morgan fingerprint density at radius 2 is 1.35 bits per heavy atom. The molecule has 1 unspecified atom stereocenters. The minimum absolute atomic E-state index is 0.0373. The number of Topliss-reactive ketones (excluding diaryl/α,β-unsaturated/α-hetero) is 1. The fraction of sp³-hybridized carbons (Fsp3) is 0.290. The van der Waals surface area contributed by atoms with Gasteiger partial charge >= 0.3 is 0 Å². The predicted octanol–water partition coefficient (Wildman–Crippen LogP) is 5.00. The molecule has 0 saturated carbocycles. The highest BCUT2D eigenvalue weighted by molar-refractivity contribution is 6.46. The van der Waals surface area contributed by atoms with Crippen LogP contribution in [0, 0.1) is 0 Å². The Morgan fingerprint density at radius 1 is 0.775 bits per heavy atom. The number of aliphatic hydroxyl groups excluding tert-OH is 1. The molecule has 4 rings (SSSR count). The van der Waals surface area contributed by atoms with Crippen molar-refractivity contribution in [2.75, 3.05) is 40.6 Å². The fourth-order valence-corrected chi connectivity index (χ4v) is 4.55. The van der Waals surface area contributed by atoms with Gasteiger partial charge in [0.15, 0.2) is 0 Å². The van der Waals surface area contributed by atoms with Crippen molar-refractivity contribution in [1.29, 1.82) is 0 Å². The molecule has 0 aliphatic carbocycles. The third kappa shape index (κ3) is 5.98. The van der Waals surface area contributed by atoms with Crippen LogP contribution in [0.15, 0.2) is 72.3 Å². The molecule has 0 spiro atoms. The summed E-state index contributed by atoms with van der Waals surface area (Å²) in [5.74, 6) is 0.952. The highest BCUT2D eigenvalue weighted by Crippen LogP contribution is 2.42. The van der Waals surface area contributed by atoms with Crippen molar-refractivity contribution in [2.45, 2.75) is 19.9 Å². The van der Waals surface area contributed by atoms with Gasteiger partial charge in [-0.1, -0.05) is 12.1 Å². The third-order valence-corrected chi connectivity index (χ3v) is 6.45. The number of amides is 1. The molecular weight excluding hydrogens is 514 g/mol. The summed E-state index contributed by atoms with van der Waals surface area (Å²) in [6.45, 7) is 4.69. The van der Waals surface area contributed by atoms with E-state index >= 15 is 0 Å². The number of rotatable bonds is 12. The maximum atomic E-state index is 13.4. The third-order valence-electron chi connectivity index (χ3n) is 6.45. The van der Waals surface area contributed by atoms with Crippen LogP contribution in [-0.4, -0.2) is 62.3 Å². The lowest BCUT2D eigenvalue weighted by molar-refractivity contribution is -0.140. The molecule has 210 valence electrons. The second-order valence-corrected chi connectivity index (χ2v) is 8.81. The van der Waals surface area contributed by atoms with Crippen molar-refractivity contribution >= 4 is 17.4 Å². The number of hydrogen-bond donors (Lipinski definition) is 1. The quantitative estimate of drug-likeness (QED) is 0.192. The summed E-state index contributed by atoms with van der Waals surface area (Å²) >= 11 is 0. The number of ketones is 1. The SMILES string of the molecule is CCOc1ccc(/C(O)=C2/C(=O)C(=O)N(CCOc3ccc(OC)cc3)C2c2ccc(OC)cc2)c(OCC)c1. The zero-order chi connectivity index (χ0) is 28.6. The maximum absolute atomic E-state index is 13.4. The Balaban J connectivity index is 1.72. The van der Waals surface area contributed by atoms with Gasteiger partial charge in [0.25, 0.3) is 11.7 Å². The molecule has 1 saturated heterocycles. The van der Waals surface area contributed by atoms with Gasteiger partial charge in [-0.05, 0) is 67.9 Å². The van der Waals surface area contributed by atoms with E-state index in [1.165, 1.54) is 4.90 Å². The Morgan fingerprint density at radius 3 is 1.95 bits per heavy atom. The highest BCUT2D eigenvalue weighted by Gasteiger charge is 2.46. The fourth-order valence-electron chi connectivity index (χ4n) is 4.55. The van der Waals surface area contributed by atoms with Gasteiger partial charge in [0, 0.05) is 6.07 Å². The Labute approximate surface area is 233 Å². The van der Waals surface area contributed by atoms with Crippen LogP contribution in [0.3, 0.4) is 0 Å². The number of methoxy groups -OCH3 is 2. The molecule has 0 bridgehead atoms. The summed E-state index contributed by atoms with van der Waals surface area (Å²) in [6, 6.07) is 18.2. The molecule has 1 heterocycles. The number of ether oxygens (including phenoxy) is 5. The minimum Gasteiger partial charge on any atom is -0.507 e. The van der Waals surface area contributed by atoms with Gasteiger partial charge < -0.3 is 33.7 Å². The van der Waals surface area contributed by atoms with Gasteiger partial charge in [-0.15, -0.1) is 0 Å². The largest absolute Gasteiger partial charge is 0.507 e. The minimum atomic E-state index is -0.855. The van der Waals surface area contributed by atoms with Gasteiger partial charge in [-0.25, -0.2) is 0 Å². The molecule has 3 aromatic carbocycles. The number of nitrogens with zero attached hydrogens (tertiary/aromatic N) is 1. The van der Waals surface area contributed by atoms with E-state index in [2.05, 4.69) is 0 Å². The van der Waals surface area contributed by atoms with E-state index in [4.69, 9.17) is 23.7 Å². The molecule has 1 atom stereocenters. The average molecular weight is 548 g/mol. The van der Waals surface area contributed by atoms with Crippen molar-refractivity contribution in [2.24, 2.45) is 0 Å². The Bertz CT molecular complexity index is 1370. The molecular formula is C31H33NO8. The van der Waals surface area contributed by atoms with Gasteiger partial charge in [0.2, 0.25) is 0 Å². The van der Waals surface area contributed by atoms with Crippen LogP contribution in [0.5, 0.6) is 28.7 Å². The van der Waals surface area contributed by atoms with Crippen molar-refractivity contribution < 1.29 is 38.4 Å². The first-order valence-corrected chi connectivity index (χ1v) is 13.0. The maximum Gasteiger partial charge on any atom is 0.295 e. The normalized spacial score (nSPS) is 16.1. The second kappa shape index (κ2) is 12.9. The molecule has 40 heavy (non-hydrogen) atoms. The van der Waals surface area contributed by atoms with E-state index in [9.17, 15) is 14.7 Å². The Hall–Kier alpha value is -4.66. The molecule has 1 amide bonds. The van der Waals surface area contributed by atoms with E-state index in [0.717, 1.165) is 0 Å². The number of hydrogen-bond acceptors (Lipinski definition) is 8. The Kier molecular flexibility index (Phi) is 9.16. The van der Waals surface area contributed by atoms with E-state index in [-0.39, 0.29) is 30.0 Å². The summed E-state index contributed by atoms with van der Waals surface area (Å²) in [7, 11) is 3.13. The van der Waals surface area contributed by atoms with Crippen molar-refractivity contribution in [3.63, 3.8) is 0 Å². The molecule has 1 aliphatic rings. The first-order valence-electron chi connectivity index (χ1n) is 13.0. The summed E-state index contributed by atoms with van der Waals surface area (Å²) in [4.78, 5) is 28.2. The smallest absolute Gasteiger partial charge is 0.295 e. The van der Waals surface area contributed by atoms with Crippen LogP contribution >= 0.6 is 0 Å². The summed E-state index contributed by atoms with van der Waals surface area (Å²) in [5, 5.41) is 11.5. The standard InChI is InChI=1S/C31H33NO8/c1-5-38-24-15-16-25(26(19-24)39-6-2)29(33)27-28(20-7-9-21(36-3)10-8-20)32(31(35)30(27)34)17-18-40-23-13-11-22(37-4)12-14-23/h7-16,19,28,33H,5-6,17-18H2,1-4H3/b29-27-. The van der Waals surface area contributed by atoms with Crippen molar-refractivity contribution in [3.8, 4) is 28.7 Å². The molecule has 3 aromatic rings. The number of benzene rings is 3. The van der Waals surface area contributed by atoms with Gasteiger partial charge in [-0.3, -0.25) is 9.59 Å². The lowest BCUT2D eigenvalue weighted by atomic mass is 9.95.